The van der Waals surface area contributed by atoms with Crippen LogP contribution in [0.25, 0.3) is 0 Å². The predicted octanol–water partition coefficient (Wildman–Crippen LogP) is 4.02. The normalized spacial score (nSPS) is 34.5. The van der Waals surface area contributed by atoms with Gasteiger partial charge in [0, 0.05) is 43.7 Å². The summed E-state index contributed by atoms with van der Waals surface area (Å²) in [6.07, 6.45) is 9.29. The molecule has 28 heavy (non-hydrogen) atoms. The number of hydrogen-bond donors (Lipinski definition) is 2. The fourth-order valence-corrected chi connectivity index (χ4v) is 5.44. The van der Waals surface area contributed by atoms with Crippen molar-refractivity contribution in [3.8, 4) is 0 Å². The quantitative estimate of drug-likeness (QED) is 0.344. The lowest BCUT2D eigenvalue weighted by molar-refractivity contribution is -0.0823. The monoisotopic (exact) mass is 506 g/mol. The number of piperidine rings is 2. The lowest BCUT2D eigenvalue weighted by Crippen LogP contribution is -2.56. The summed E-state index contributed by atoms with van der Waals surface area (Å²) in [5.41, 5.74) is 0.178. The van der Waals surface area contributed by atoms with Crippen LogP contribution in [0.15, 0.2) is 4.99 Å². The lowest BCUT2D eigenvalue weighted by atomic mass is 9.78. The molecule has 0 spiro atoms. The highest BCUT2D eigenvalue weighted by Gasteiger charge is 2.37. The maximum atomic E-state index is 6.14. The molecule has 6 heteroatoms. The van der Waals surface area contributed by atoms with Crippen LogP contribution in [0.4, 0.5) is 0 Å². The number of nitrogens with zero attached hydrogens (tertiary/aromatic N) is 2. The summed E-state index contributed by atoms with van der Waals surface area (Å²) in [4.78, 5) is 7.63. The summed E-state index contributed by atoms with van der Waals surface area (Å²) < 4.78 is 6.14. The highest BCUT2D eigenvalue weighted by molar-refractivity contribution is 14.0. The summed E-state index contributed by atoms with van der Waals surface area (Å²) >= 11 is 0. The van der Waals surface area contributed by atoms with E-state index in [4.69, 9.17) is 9.73 Å². The van der Waals surface area contributed by atoms with Gasteiger partial charge in [0.1, 0.15) is 0 Å². The van der Waals surface area contributed by atoms with Gasteiger partial charge in [-0.15, -0.1) is 24.0 Å². The molecule has 5 nitrogen and oxygen atoms in total. The Morgan fingerprint density at radius 1 is 1.11 bits per heavy atom. The maximum absolute atomic E-state index is 6.14. The van der Waals surface area contributed by atoms with Crippen molar-refractivity contribution < 1.29 is 4.74 Å². The maximum Gasteiger partial charge on any atom is 0.191 e. The molecule has 3 heterocycles. The van der Waals surface area contributed by atoms with Crippen LogP contribution in [-0.4, -0.2) is 61.8 Å². The van der Waals surface area contributed by atoms with Crippen molar-refractivity contribution in [2.75, 3.05) is 26.7 Å². The van der Waals surface area contributed by atoms with Crippen molar-refractivity contribution in [1.29, 1.82) is 0 Å². The van der Waals surface area contributed by atoms with Crippen molar-refractivity contribution in [2.24, 2.45) is 16.3 Å². The third-order valence-corrected chi connectivity index (χ3v) is 6.81. The molecule has 164 valence electrons. The zero-order valence-electron chi connectivity index (χ0n) is 18.7. The Labute approximate surface area is 189 Å². The van der Waals surface area contributed by atoms with Crippen LogP contribution in [0.5, 0.6) is 0 Å². The molecule has 4 atom stereocenters. The second-order valence-electron chi connectivity index (χ2n) is 10.00. The Bertz CT molecular complexity index is 493. The van der Waals surface area contributed by atoms with Crippen molar-refractivity contribution in [2.45, 2.75) is 96.9 Å². The van der Waals surface area contributed by atoms with Crippen LogP contribution in [0.2, 0.25) is 0 Å². The number of aliphatic imine (C=N–C) groups is 1. The van der Waals surface area contributed by atoms with E-state index in [-0.39, 0.29) is 29.4 Å². The number of hydrogen-bond acceptors (Lipinski definition) is 3. The second kappa shape index (κ2) is 10.8. The number of halogens is 1. The van der Waals surface area contributed by atoms with Crippen LogP contribution in [0.3, 0.4) is 0 Å². The minimum Gasteiger partial charge on any atom is -0.377 e. The topological polar surface area (TPSA) is 48.9 Å². The molecule has 3 rings (SSSR count). The first-order chi connectivity index (χ1) is 12.9. The van der Waals surface area contributed by atoms with Gasteiger partial charge in [-0.2, -0.15) is 0 Å². The molecule has 2 bridgehead atoms. The summed E-state index contributed by atoms with van der Waals surface area (Å²) in [6, 6.07) is 2.04. The third-order valence-electron chi connectivity index (χ3n) is 6.81. The zero-order chi connectivity index (χ0) is 19.4. The second-order valence-corrected chi connectivity index (χ2v) is 10.00. The molecule has 2 N–H and O–H groups in total. The van der Waals surface area contributed by atoms with E-state index < -0.39 is 0 Å². The van der Waals surface area contributed by atoms with Gasteiger partial charge in [0.05, 0.1) is 6.10 Å². The Hall–Kier alpha value is -0.0800. The first-order valence-corrected chi connectivity index (χ1v) is 11.3. The number of guanidine groups is 1. The van der Waals surface area contributed by atoms with Crippen molar-refractivity contribution in [1.82, 2.24) is 15.5 Å². The standard InChI is InChI=1S/C22H42N4O.HI/c1-6-23-21(24-15-16-9-8-12-27-20(16)22(2,3)4)25-17-13-18-10-7-11-19(14-17)26(18)5;/h16-20H,6-15H2,1-5H3,(H2,23,24,25);1H. The first-order valence-electron chi connectivity index (χ1n) is 11.3. The van der Waals surface area contributed by atoms with E-state index in [9.17, 15) is 0 Å². The van der Waals surface area contributed by atoms with Gasteiger partial charge in [-0.05, 0) is 57.9 Å². The molecule has 0 radical (unpaired) electrons. The molecule has 3 fully saturated rings. The number of ether oxygens (including phenoxy) is 1. The molecule has 3 saturated heterocycles. The average molecular weight is 507 g/mol. The molecule has 3 aliphatic rings. The smallest absolute Gasteiger partial charge is 0.191 e. The van der Waals surface area contributed by atoms with Gasteiger partial charge in [-0.3, -0.25) is 4.99 Å². The van der Waals surface area contributed by atoms with Gasteiger partial charge in [-0.1, -0.05) is 27.2 Å². The van der Waals surface area contributed by atoms with Crippen LogP contribution in [-0.2, 0) is 4.74 Å². The number of nitrogens with one attached hydrogen (secondary N) is 2. The minimum atomic E-state index is 0. The van der Waals surface area contributed by atoms with Gasteiger partial charge in [0.15, 0.2) is 5.96 Å². The summed E-state index contributed by atoms with van der Waals surface area (Å²) in [5.74, 6) is 1.52. The Kier molecular flexibility index (Phi) is 9.33. The van der Waals surface area contributed by atoms with E-state index in [1.54, 1.807) is 0 Å². The summed E-state index contributed by atoms with van der Waals surface area (Å²) in [5, 5.41) is 7.26. The number of rotatable bonds is 4. The highest BCUT2D eigenvalue weighted by Crippen LogP contribution is 2.34. The van der Waals surface area contributed by atoms with Gasteiger partial charge >= 0.3 is 0 Å². The Morgan fingerprint density at radius 3 is 2.39 bits per heavy atom. The predicted molar refractivity (Wildman–Crippen MR) is 129 cm³/mol. The van der Waals surface area contributed by atoms with Crippen molar-refractivity contribution in [3.05, 3.63) is 0 Å². The molecule has 0 aromatic heterocycles. The van der Waals surface area contributed by atoms with Crippen molar-refractivity contribution >= 4 is 29.9 Å². The van der Waals surface area contributed by atoms with E-state index in [2.05, 4.69) is 50.3 Å². The highest BCUT2D eigenvalue weighted by atomic mass is 127. The Morgan fingerprint density at radius 2 is 1.79 bits per heavy atom. The number of fused-ring (bicyclic) bond motifs is 2. The van der Waals surface area contributed by atoms with Crippen LogP contribution >= 0.6 is 24.0 Å². The van der Waals surface area contributed by atoms with Crippen LogP contribution in [0, 0.1) is 11.3 Å². The third kappa shape index (κ3) is 6.21. The summed E-state index contributed by atoms with van der Waals surface area (Å²) in [7, 11) is 2.32. The fraction of sp³-hybridized carbons (Fsp3) is 0.955. The van der Waals surface area contributed by atoms with E-state index >= 15 is 0 Å². The van der Waals surface area contributed by atoms with E-state index in [1.165, 1.54) is 38.5 Å². The molecule has 0 aromatic rings. The minimum absolute atomic E-state index is 0. The molecular weight excluding hydrogens is 463 g/mol. The molecule has 4 unspecified atom stereocenters. The van der Waals surface area contributed by atoms with Crippen LogP contribution < -0.4 is 10.6 Å². The molecule has 0 amide bonds. The van der Waals surface area contributed by atoms with Gasteiger partial charge in [0.2, 0.25) is 0 Å². The van der Waals surface area contributed by atoms with Gasteiger partial charge in [-0.25, -0.2) is 0 Å². The average Bonchev–Trinajstić information content (AvgIpc) is 2.60. The van der Waals surface area contributed by atoms with Crippen molar-refractivity contribution in [3.63, 3.8) is 0 Å². The van der Waals surface area contributed by atoms with E-state index in [1.807, 2.05) is 0 Å². The molecule has 3 aliphatic heterocycles. The first kappa shape index (κ1) is 24.2. The van der Waals surface area contributed by atoms with Crippen LogP contribution in [0.1, 0.15) is 72.6 Å². The fourth-order valence-electron chi connectivity index (χ4n) is 5.44. The van der Waals surface area contributed by atoms with Gasteiger partial charge in [0.25, 0.3) is 0 Å². The SMILES string of the molecule is CCNC(=NCC1CCCOC1C(C)(C)C)NC1CC2CCCC(C1)N2C.I. The van der Waals surface area contributed by atoms with Gasteiger partial charge < -0.3 is 20.3 Å². The van der Waals surface area contributed by atoms with E-state index in [0.29, 0.717) is 18.1 Å². The lowest BCUT2D eigenvalue weighted by Gasteiger charge is -2.47. The Balaban J connectivity index is 0.00000280. The molecule has 0 saturated carbocycles. The van der Waals surface area contributed by atoms with E-state index in [0.717, 1.165) is 44.2 Å². The molecule has 0 aromatic carbocycles. The summed E-state index contributed by atoms with van der Waals surface area (Å²) in [6.45, 7) is 11.7. The molecular formula is C22H43IN4O. The largest absolute Gasteiger partial charge is 0.377 e. The molecule has 0 aliphatic carbocycles. The zero-order valence-corrected chi connectivity index (χ0v) is 21.0.